The Morgan fingerprint density at radius 3 is 2.82 bits per heavy atom. The third-order valence-corrected chi connectivity index (χ3v) is 3.41. The Morgan fingerprint density at radius 2 is 2.12 bits per heavy atom. The molecule has 0 aliphatic carbocycles. The third kappa shape index (κ3) is 1.60. The molecule has 88 valence electrons. The summed E-state index contributed by atoms with van der Waals surface area (Å²) in [6.07, 6.45) is 0. The van der Waals surface area contributed by atoms with Gasteiger partial charge in [0, 0.05) is 5.02 Å². The van der Waals surface area contributed by atoms with Gasteiger partial charge in [0.1, 0.15) is 18.6 Å². The van der Waals surface area contributed by atoms with Crippen LogP contribution in [-0.4, -0.2) is 24.3 Å². The summed E-state index contributed by atoms with van der Waals surface area (Å²) in [6.45, 7) is 2.26. The van der Waals surface area contributed by atoms with E-state index >= 15 is 0 Å². The smallest absolute Gasteiger partial charge is 0.317 e. The molecule has 2 aliphatic rings. The van der Waals surface area contributed by atoms with Crippen LogP contribution in [-0.2, 0) is 9.53 Å². The standard InChI is InChI=1S/C12H11ClN2O2/c1-7-11-10(6-17-12(11)16)15(14-7)9-4-2-8(13)3-5-9/h2-5,10-11H,6H2,1H3. The fourth-order valence-corrected chi connectivity index (χ4v) is 2.45. The summed E-state index contributed by atoms with van der Waals surface area (Å²) >= 11 is 5.85. The highest BCUT2D eigenvalue weighted by molar-refractivity contribution is 6.30. The van der Waals surface area contributed by atoms with Gasteiger partial charge in [0.2, 0.25) is 0 Å². The number of hydrazone groups is 1. The molecule has 2 heterocycles. The number of carbonyl (C=O) groups excluding carboxylic acids is 1. The minimum Gasteiger partial charge on any atom is -0.463 e. The summed E-state index contributed by atoms with van der Waals surface area (Å²) in [5.74, 6) is -0.390. The molecule has 0 aromatic heterocycles. The average Bonchev–Trinajstić information content (AvgIpc) is 2.83. The minimum atomic E-state index is -0.217. The van der Waals surface area contributed by atoms with E-state index in [0.717, 1.165) is 11.4 Å². The van der Waals surface area contributed by atoms with Crippen LogP contribution in [0.2, 0.25) is 5.02 Å². The normalized spacial score (nSPS) is 26.8. The monoisotopic (exact) mass is 250 g/mol. The van der Waals surface area contributed by atoms with Crippen molar-refractivity contribution in [1.29, 1.82) is 0 Å². The van der Waals surface area contributed by atoms with Gasteiger partial charge in [-0.15, -0.1) is 0 Å². The molecule has 2 atom stereocenters. The van der Waals surface area contributed by atoms with E-state index in [0.29, 0.717) is 11.6 Å². The molecule has 0 N–H and O–H groups in total. The lowest BCUT2D eigenvalue weighted by Gasteiger charge is -2.20. The van der Waals surface area contributed by atoms with Gasteiger partial charge in [-0.3, -0.25) is 9.80 Å². The summed E-state index contributed by atoms with van der Waals surface area (Å²) in [7, 11) is 0. The van der Waals surface area contributed by atoms with Crippen LogP contribution in [0.15, 0.2) is 29.4 Å². The maximum absolute atomic E-state index is 11.5. The summed E-state index contributed by atoms with van der Waals surface area (Å²) in [5, 5.41) is 6.96. The number of hydrogen-bond donors (Lipinski definition) is 0. The second-order valence-electron chi connectivity index (χ2n) is 4.24. The first-order valence-corrected chi connectivity index (χ1v) is 5.81. The van der Waals surface area contributed by atoms with Crippen LogP contribution in [0.25, 0.3) is 0 Å². The van der Waals surface area contributed by atoms with Gasteiger partial charge in [0.25, 0.3) is 0 Å². The number of ether oxygens (including phenoxy) is 1. The van der Waals surface area contributed by atoms with E-state index in [1.165, 1.54) is 0 Å². The molecule has 1 saturated heterocycles. The van der Waals surface area contributed by atoms with Crippen LogP contribution in [0.3, 0.4) is 0 Å². The quantitative estimate of drug-likeness (QED) is 0.717. The van der Waals surface area contributed by atoms with E-state index in [4.69, 9.17) is 16.3 Å². The first-order valence-electron chi connectivity index (χ1n) is 5.43. The maximum atomic E-state index is 11.5. The lowest BCUT2D eigenvalue weighted by Crippen LogP contribution is -2.32. The van der Waals surface area contributed by atoms with Crippen LogP contribution in [0.1, 0.15) is 6.92 Å². The summed E-state index contributed by atoms with van der Waals surface area (Å²) < 4.78 is 5.08. The molecule has 0 amide bonds. The highest BCUT2D eigenvalue weighted by Gasteiger charge is 2.47. The number of hydrogen-bond acceptors (Lipinski definition) is 4. The van der Waals surface area contributed by atoms with Crippen molar-refractivity contribution in [1.82, 2.24) is 0 Å². The Bertz CT molecular complexity index is 498. The minimum absolute atomic E-state index is 0.0105. The van der Waals surface area contributed by atoms with Gasteiger partial charge in [-0.05, 0) is 31.2 Å². The number of cyclic esters (lactones) is 1. The molecule has 17 heavy (non-hydrogen) atoms. The molecule has 0 spiro atoms. The fraction of sp³-hybridized carbons (Fsp3) is 0.333. The van der Waals surface area contributed by atoms with Crippen molar-refractivity contribution >= 4 is 29.0 Å². The van der Waals surface area contributed by atoms with E-state index in [1.54, 1.807) is 0 Å². The summed E-state index contributed by atoms with van der Waals surface area (Å²) in [5.41, 5.74) is 1.74. The molecule has 1 aromatic carbocycles. The topological polar surface area (TPSA) is 41.9 Å². The highest BCUT2D eigenvalue weighted by atomic mass is 35.5. The first-order chi connectivity index (χ1) is 8.16. The van der Waals surface area contributed by atoms with Gasteiger partial charge >= 0.3 is 5.97 Å². The van der Waals surface area contributed by atoms with Crippen molar-refractivity contribution in [2.24, 2.45) is 11.0 Å². The van der Waals surface area contributed by atoms with Crippen molar-refractivity contribution in [3.8, 4) is 0 Å². The lowest BCUT2D eigenvalue weighted by molar-refractivity contribution is -0.139. The van der Waals surface area contributed by atoms with Gasteiger partial charge in [0.15, 0.2) is 0 Å². The molecule has 1 aromatic rings. The average molecular weight is 251 g/mol. The fourth-order valence-electron chi connectivity index (χ4n) is 2.32. The Balaban J connectivity index is 1.95. The Morgan fingerprint density at radius 1 is 1.41 bits per heavy atom. The second kappa shape index (κ2) is 3.74. The SMILES string of the molecule is CC1=NN(c2ccc(Cl)cc2)C2COC(=O)C12. The number of fused-ring (bicyclic) bond motifs is 1. The van der Waals surface area contributed by atoms with Crippen molar-refractivity contribution < 1.29 is 9.53 Å². The highest BCUT2D eigenvalue weighted by Crippen LogP contribution is 2.33. The number of benzene rings is 1. The predicted molar refractivity (Wildman–Crippen MR) is 65.3 cm³/mol. The van der Waals surface area contributed by atoms with Crippen LogP contribution in [0, 0.1) is 5.92 Å². The van der Waals surface area contributed by atoms with Crippen molar-refractivity contribution in [2.45, 2.75) is 13.0 Å². The number of rotatable bonds is 1. The van der Waals surface area contributed by atoms with Gasteiger partial charge < -0.3 is 4.74 Å². The van der Waals surface area contributed by atoms with Crippen LogP contribution in [0.4, 0.5) is 5.69 Å². The molecule has 2 unspecified atom stereocenters. The zero-order valence-corrected chi connectivity index (χ0v) is 10.0. The molecule has 0 radical (unpaired) electrons. The van der Waals surface area contributed by atoms with Crippen LogP contribution in [0.5, 0.6) is 0 Å². The van der Waals surface area contributed by atoms with Gasteiger partial charge in [-0.2, -0.15) is 5.10 Å². The third-order valence-electron chi connectivity index (χ3n) is 3.16. The van der Waals surface area contributed by atoms with E-state index in [-0.39, 0.29) is 17.9 Å². The maximum Gasteiger partial charge on any atom is 0.317 e. The van der Waals surface area contributed by atoms with E-state index < -0.39 is 0 Å². The van der Waals surface area contributed by atoms with E-state index in [9.17, 15) is 4.79 Å². The van der Waals surface area contributed by atoms with Crippen LogP contribution < -0.4 is 5.01 Å². The van der Waals surface area contributed by atoms with E-state index in [2.05, 4.69) is 5.10 Å². The van der Waals surface area contributed by atoms with Crippen molar-refractivity contribution in [3.63, 3.8) is 0 Å². The zero-order chi connectivity index (χ0) is 12.0. The Kier molecular flexibility index (Phi) is 2.33. The number of esters is 1. The lowest BCUT2D eigenvalue weighted by atomic mass is 9.99. The van der Waals surface area contributed by atoms with Crippen LogP contribution >= 0.6 is 11.6 Å². The second-order valence-corrected chi connectivity index (χ2v) is 4.67. The number of halogens is 1. The molecular weight excluding hydrogens is 240 g/mol. The van der Waals surface area contributed by atoms with Gasteiger partial charge in [-0.25, -0.2) is 0 Å². The summed E-state index contributed by atoms with van der Waals surface area (Å²) in [6, 6.07) is 7.40. The largest absolute Gasteiger partial charge is 0.463 e. The van der Waals surface area contributed by atoms with Gasteiger partial charge in [0.05, 0.1) is 11.4 Å². The molecule has 3 rings (SSSR count). The first kappa shape index (κ1) is 10.6. The predicted octanol–water partition coefficient (Wildman–Crippen LogP) is 2.08. The molecule has 0 bridgehead atoms. The number of carbonyl (C=O) groups is 1. The molecular formula is C12H11ClN2O2. The van der Waals surface area contributed by atoms with Crippen molar-refractivity contribution in [2.75, 3.05) is 11.6 Å². The molecule has 4 nitrogen and oxygen atoms in total. The molecule has 1 fully saturated rings. The molecule has 2 aliphatic heterocycles. The zero-order valence-electron chi connectivity index (χ0n) is 9.26. The van der Waals surface area contributed by atoms with Crippen molar-refractivity contribution in [3.05, 3.63) is 29.3 Å². The Labute approximate surface area is 104 Å². The molecule has 0 saturated carbocycles. The summed E-state index contributed by atoms with van der Waals surface area (Å²) in [4.78, 5) is 11.5. The molecule has 5 heteroatoms. The number of nitrogens with zero attached hydrogens (tertiary/aromatic N) is 2. The van der Waals surface area contributed by atoms with Gasteiger partial charge in [-0.1, -0.05) is 11.6 Å². The van der Waals surface area contributed by atoms with E-state index in [1.807, 2.05) is 36.2 Å². The Hall–Kier alpha value is -1.55. The number of anilines is 1.